The fourth-order valence-electron chi connectivity index (χ4n) is 1.93. The fourth-order valence-corrected chi connectivity index (χ4v) is 3.88. The number of anilines is 1. The first-order valence-corrected chi connectivity index (χ1v) is 9.46. The Balaban J connectivity index is 2.44. The van der Waals surface area contributed by atoms with Gasteiger partial charge in [-0.25, -0.2) is 8.42 Å². The van der Waals surface area contributed by atoms with Crippen LogP contribution >= 0.6 is 34.2 Å². The van der Waals surface area contributed by atoms with E-state index in [0.717, 1.165) is 7.88 Å². The van der Waals surface area contributed by atoms with Crippen molar-refractivity contribution in [3.8, 4) is 0 Å². The van der Waals surface area contributed by atoms with Crippen molar-refractivity contribution in [1.29, 1.82) is 0 Å². The van der Waals surface area contributed by atoms with Crippen LogP contribution in [0.2, 0.25) is 5.02 Å². The van der Waals surface area contributed by atoms with Crippen molar-refractivity contribution in [1.82, 2.24) is 0 Å². The minimum absolute atomic E-state index is 0.0610. The third-order valence-corrected chi connectivity index (χ3v) is 5.86. The molecule has 23 heavy (non-hydrogen) atoms. The second kappa shape index (κ2) is 7.50. The van der Waals surface area contributed by atoms with E-state index in [9.17, 15) is 13.2 Å². The number of carbonyl (C=O) groups is 1. The standard InChI is InChI=1S/C15H13ClINO4S/c16-11-1-7-14(8-2-11)23(21,22)18(10-9-15(19)20)13-5-3-12(17)4-6-13/h1-8H,9-10H2,(H,19,20). The van der Waals surface area contributed by atoms with Crippen LogP contribution in [0.5, 0.6) is 0 Å². The van der Waals surface area contributed by atoms with E-state index in [1.165, 1.54) is 24.3 Å². The molecule has 1 N–H and O–H groups in total. The number of aliphatic carboxylic acids is 1. The van der Waals surface area contributed by atoms with Gasteiger partial charge in [0.25, 0.3) is 10.0 Å². The molecule has 0 aliphatic carbocycles. The highest BCUT2D eigenvalue weighted by Crippen LogP contribution is 2.25. The Hall–Kier alpha value is -1.32. The molecule has 0 fully saturated rings. The summed E-state index contributed by atoms with van der Waals surface area (Å²) in [6.45, 7) is -0.152. The van der Waals surface area contributed by atoms with Gasteiger partial charge in [0.1, 0.15) is 0 Å². The smallest absolute Gasteiger partial charge is 0.305 e. The topological polar surface area (TPSA) is 74.7 Å². The normalized spacial score (nSPS) is 11.2. The number of hydrogen-bond donors (Lipinski definition) is 1. The van der Waals surface area contributed by atoms with Crippen molar-refractivity contribution >= 4 is 55.9 Å². The Morgan fingerprint density at radius 1 is 1.09 bits per heavy atom. The van der Waals surface area contributed by atoms with Crippen LogP contribution in [0.1, 0.15) is 6.42 Å². The molecule has 0 unspecified atom stereocenters. The zero-order valence-corrected chi connectivity index (χ0v) is 15.5. The molecular formula is C15H13ClINO4S. The van der Waals surface area contributed by atoms with Gasteiger partial charge in [0.05, 0.1) is 17.0 Å². The molecule has 0 amide bonds. The van der Waals surface area contributed by atoms with E-state index in [1.807, 2.05) is 0 Å². The van der Waals surface area contributed by atoms with Gasteiger partial charge in [-0.2, -0.15) is 0 Å². The van der Waals surface area contributed by atoms with E-state index in [1.54, 1.807) is 24.3 Å². The van der Waals surface area contributed by atoms with Crippen LogP contribution in [0, 0.1) is 3.57 Å². The van der Waals surface area contributed by atoms with Crippen molar-refractivity contribution < 1.29 is 18.3 Å². The molecule has 0 saturated carbocycles. The van der Waals surface area contributed by atoms with Crippen LogP contribution < -0.4 is 4.31 Å². The summed E-state index contributed by atoms with van der Waals surface area (Å²) in [4.78, 5) is 10.9. The Morgan fingerprint density at radius 3 is 2.17 bits per heavy atom. The maximum absolute atomic E-state index is 12.8. The summed E-state index contributed by atoms with van der Waals surface area (Å²) in [7, 11) is -3.87. The number of halogens is 2. The van der Waals surface area contributed by atoms with E-state index in [-0.39, 0.29) is 17.9 Å². The van der Waals surface area contributed by atoms with Crippen LogP contribution in [0.15, 0.2) is 53.4 Å². The van der Waals surface area contributed by atoms with E-state index in [2.05, 4.69) is 22.6 Å². The summed E-state index contributed by atoms with van der Waals surface area (Å²) >= 11 is 7.90. The van der Waals surface area contributed by atoms with Gasteiger partial charge in [-0.15, -0.1) is 0 Å². The summed E-state index contributed by atoms with van der Waals surface area (Å²) in [6.07, 6.45) is -0.293. The number of benzene rings is 2. The van der Waals surface area contributed by atoms with Gasteiger partial charge in [-0.3, -0.25) is 9.10 Å². The molecule has 0 aliphatic rings. The Morgan fingerprint density at radius 2 is 1.65 bits per heavy atom. The van der Waals surface area contributed by atoms with Gasteiger partial charge < -0.3 is 5.11 Å². The third kappa shape index (κ3) is 4.58. The summed E-state index contributed by atoms with van der Waals surface area (Å²) in [5.41, 5.74) is 0.418. The number of carboxylic acids is 1. The number of hydrogen-bond acceptors (Lipinski definition) is 3. The van der Waals surface area contributed by atoms with Crippen molar-refractivity contribution in [2.75, 3.05) is 10.8 Å². The molecule has 0 spiro atoms. The van der Waals surface area contributed by atoms with Crippen LogP contribution in [0.25, 0.3) is 0 Å². The molecule has 0 atom stereocenters. The lowest BCUT2D eigenvalue weighted by Gasteiger charge is -2.24. The second-order valence-electron chi connectivity index (χ2n) is 4.65. The maximum Gasteiger partial charge on any atom is 0.305 e. The summed E-state index contributed by atoms with van der Waals surface area (Å²) in [5, 5.41) is 9.31. The monoisotopic (exact) mass is 465 g/mol. The SMILES string of the molecule is O=C(O)CCN(c1ccc(I)cc1)S(=O)(=O)c1ccc(Cl)cc1. The number of rotatable bonds is 6. The van der Waals surface area contributed by atoms with Crippen molar-refractivity contribution in [2.45, 2.75) is 11.3 Å². The highest BCUT2D eigenvalue weighted by Gasteiger charge is 2.25. The second-order valence-corrected chi connectivity index (χ2v) is 8.20. The largest absolute Gasteiger partial charge is 0.481 e. The predicted molar refractivity (Wildman–Crippen MR) is 97.4 cm³/mol. The van der Waals surface area contributed by atoms with E-state index < -0.39 is 16.0 Å². The average Bonchev–Trinajstić information content (AvgIpc) is 2.49. The first-order chi connectivity index (χ1) is 10.8. The zero-order chi connectivity index (χ0) is 17.0. The lowest BCUT2D eigenvalue weighted by Crippen LogP contribution is -2.33. The van der Waals surface area contributed by atoms with Crippen LogP contribution in [0.3, 0.4) is 0 Å². The fraction of sp³-hybridized carbons (Fsp3) is 0.133. The summed E-state index contributed by atoms with van der Waals surface area (Å²) in [6, 6.07) is 12.6. The molecule has 5 nitrogen and oxygen atoms in total. The first kappa shape index (κ1) is 18.0. The highest BCUT2D eigenvalue weighted by molar-refractivity contribution is 14.1. The molecule has 8 heteroatoms. The molecule has 2 aromatic rings. The molecule has 0 heterocycles. The summed E-state index contributed by atoms with van der Waals surface area (Å²) < 4.78 is 27.7. The third-order valence-electron chi connectivity index (χ3n) is 3.05. The molecule has 0 aromatic heterocycles. The number of carboxylic acid groups (broad SMARTS) is 1. The highest BCUT2D eigenvalue weighted by atomic mass is 127. The zero-order valence-electron chi connectivity index (χ0n) is 11.8. The van der Waals surface area contributed by atoms with E-state index in [4.69, 9.17) is 16.7 Å². The molecule has 0 aliphatic heterocycles. The van der Waals surface area contributed by atoms with E-state index in [0.29, 0.717) is 10.7 Å². The average molecular weight is 466 g/mol. The first-order valence-electron chi connectivity index (χ1n) is 6.56. The van der Waals surface area contributed by atoms with Crippen molar-refractivity contribution in [3.05, 3.63) is 57.1 Å². The molecular weight excluding hydrogens is 453 g/mol. The van der Waals surface area contributed by atoms with Gasteiger partial charge in [-0.05, 0) is 71.1 Å². The molecule has 2 rings (SSSR count). The minimum Gasteiger partial charge on any atom is -0.481 e. The van der Waals surface area contributed by atoms with Gasteiger partial charge >= 0.3 is 5.97 Å². The molecule has 122 valence electrons. The molecule has 0 saturated heterocycles. The van der Waals surface area contributed by atoms with Crippen molar-refractivity contribution in [3.63, 3.8) is 0 Å². The van der Waals surface area contributed by atoms with Crippen LogP contribution in [-0.4, -0.2) is 26.0 Å². The Kier molecular flexibility index (Phi) is 5.88. The number of sulfonamides is 1. The Bertz CT molecular complexity index is 791. The van der Waals surface area contributed by atoms with Crippen LogP contribution in [0.4, 0.5) is 5.69 Å². The van der Waals surface area contributed by atoms with Crippen LogP contribution in [-0.2, 0) is 14.8 Å². The quantitative estimate of drug-likeness (QED) is 0.661. The van der Waals surface area contributed by atoms with Gasteiger partial charge in [0, 0.05) is 15.1 Å². The lowest BCUT2D eigenvalue weighted by atomic mass is 10.3. The van der Waals surface area contributed by atoms with Gasteiger partial charge in [-0.1, -0.05) is 11.6 Å². The number of nitrogens with zero attached hydrogens (tertiary/aromatic N) is 1. The Labute approximate surface area is 153 Å². The lowest BCUT2D eigenvalue weighted by molar-refractivity contribution is -0.136. The van der Waals surface area contributed by atoms with Gasteiger partial charge in [0.2, 0.25) is 0 Å². The van der Waals surface area contributed by atoms with Gasteiger partial charge in [0.15, 0.2) is 0 Å². The van der Waals surface area contributed by atoms with Crippen molar-refractivity contribution in [2.24, 2.45) is 0 Å². The minimum atomic E-state index is -3.87. The molecule has 0 radical (unpaired) electrons. The predicted octanol–water partition coefficient (Wildman–Crippen LogP) is 3.61. The van der Waals surface area contributed by atoms with E-state index >= 15 is 0 Å². The molecule has 2 aromatic carbocycles. The maximum atomic E-state index is 12.8. The summed E-state index contributed by atoms with van der Waals surface area (Å²) in [5.74, 6) is -1.06. The molecule has 0 bridgehead atoms.